The van der Waals surface area contributed by atoms with Crippen LogP contribution in [-0.4, -0.2) is 44.8 Å². The van der Waals surface area contributed by atoms with Crippen LogP contribution in [0.5, 0.6) is 0 Å². The standard InChI is InChI=1S/C18H15N5O2/c24-17(22-14-3-4-15-12(8-14)2-1-5-20-15)13-10-23(11-13)18(25)16-9-19-6-7-21-16/h1-9,13H,10-11H2,(H,22,24). The quantitative estimate of drug-likeness (QED) is 0.789. The van der Waals surface area contributed by atoms with Gasteiger partial charge in [-0.25, -0.2) is 4.98 Å². The van der Waals surface area contributed by atoms with E-state index in [1.54, 1.807) is 11.1 Å². The Morgan fingerprint density at radius 2 is 1.96 bits per heavy atom. The van der Waals surface area contributed by atoms with E-state index in [0.717, 1.165) is 16.6 Å². The Morgan fingerprint density at radius 1 is 1.08 bits per heavy atom. The van der Waals surface area contributed by atoms with E-state index < -0.39 is 0 Å². The number of aromatic nitrogens is 3. The number of pyridine rings is 1. The third-order valence-electron chi connectivity index (χ3n) is 4.19. The van der Waals surface area contributed by atoms with Gasteiger partial charge in [-0.15, -0.1) is 0 Å². The number of rotatable bonds is 3. The van der Waals surface area contributed by atoms with Crippen molar-refractivity contribution in [1.29, 1.82) is 0 Å². The van der Waals surface area contributed by atoms with Crippen LogP contribution < -0.4 is 5.32 Å². The molecule has 0 bridgehead atoms. The lowest BCUT2D eigenvalue weighted by molar-refractivity contribution is -0.123. The number of carbonyl (C=O) groups is 2. The highest BCUT2D eigenvalue weighted by Crippen LogP contribution is 2.22. The van der Waals surface area contributed by atoms with Gasteiger partial charge < -0.3 is 10.2 Å². The molecule has 4 rings (SSSR count). The smallest absolute Gasteiger partial charge is 0.274 e. The molecule has 0 aliphatic carbocycles. The summed E-state index contributed by atoms with van der Waals surface area (Å²) in [6, 6.07) is 9.39. The van der Waals surface area contributed by atoms with Gasteiger partial charge >= 0.3 is 0 Å². The summed E-state index contributed by atoms with van der Waals surface area (Å²) in [5, 5.41) is 3.87. The maximum Gasteiger partial charge on any atom is 0.274 e. The molecule has 3 heterocycles. The number of hydrogen-bond acceptors (Lipinski definition) is 5. The predicted molar refractivity (Wildman–Crippen MR) is 91.8 cm³/mol. The summed E-state index contributed by atoms with van der Waals surface area (Å²) in [4.78, 5) is 38.3. The average molecular weight is 333 g/mol. The fourth-order valence-corrected chi connectivity index (χ4v) is 2.78. The fourth-order valence-electron chi connectivity index (χ4n) is 2.78. The van der Waals surface area contributed by atoms with Gasteiger partial charge in [0.1, 0.15) is 5.69 Å². The minimum absolute atomic E-state index is 0.0913. The first kappa shape index (κ1) is 15.2. The third-order valence-corrected chi connectivity index (χ3v) is 4.19. The van der Waals surface area contributed by atoms with E-state index in [0.29, 0.717) is 18.8 Å². The molecule has 1 aliphatic heterocycles. The number of likely N-dealkylation sites (tertiary alicyclic amines) is 1. The van der Waals surface area contributed by atoms with Gasteiger partial charge in [-0.05, 0) is 24.3 Å². The largest absolute Gasteiger partial charge is 0.336 e. The van der Waals surface area contributed by atoms with Crippen molar-refractivity contribution in [2.75, 3.05) is 18.4 Å². The fraction of sp³-hybridized carbons (Fsp3) is 0.167. The lowest BCUT2D eigenvalue weighted by atomic mass is 9.98. The van der Waals surface area contributed by atoms with Crippen molar-refractivity contribution in [1.82, 2.24) is 19.9 Å². The second kappa shape index (κ2) is 6.27. The molecule has 1 aliphatic rings. The molecule has 25 heavy (non-hydrogen) atoms. The first-order valence-electron chi connectivity index (χ1n) is 7.91. The summed E-state index contributed by atoms with van der Waals surface area (Å²) in [5.74, 6) is -0.509. The molecule has 7 heteroatoms. The summed E-state index contributed by atoms with van der Waals surface area (Å²) in [7, 11) is 0. The van der Waals surface area contributed by atoms with E-state index in [4.69, 9.17) is 0 Å². The molecule has 0 spiro atoms. The summed E-state index contributed by atoms with van der Waals surface area (Å²) < 4.78 is 0. The summed E-state index contributed by atoms with van der Waals surface area (Å²) >= 11 is 0. The first-order valence-corrected chi connectivity index (χ1v) is 7.91. The Labute approximate surface area is 143 Å². The zero-order valence-corrected chi connectivity index (χ0v) is 13.3. The summed E-state index contributed by atoms with van der Waals surface area (Å²) in [6.45, 7) is 0.771. The molecule has 7 nitrogen and oxygen atoms in total. The van der Waals surface area contributed by atoms with E-state index in [1.807, 2.05) is 30.3 Å². The van der Waals surface area contributed by atoms with Crippen LogP contribution in [0.3, 0.4) is 0 Å². The summed E-state index contributed by atoms with van der Waals surface area (Å²) in [6.07, 6.45) is 6.16. The molecule has 0 saturated carbocycles. The van der Waals surface area contributed by atoms with Crippen molar-refractivity contribution < 1.29 is 9.59 Å². The second-order valence-corrected chi connectivity index (χ2v) is 5.90. The van der Waals surface area contributed by atoms with Crippen molar-refractivity contribution in [3.63, 3.8) is 0 Å². The van der Waals surface area contributed by atoms with Crippen LogP contribution in [-0.2, 0) is 4.79 Å². The van der Waals surface area contributed by atoms with Crippen molar-refractivity contribution in [3.05, 3.63) is 60.8 Å². The topological polar surface area (TPSA) is 88.1 Å². The lowest BCUT2D eigenvalue weighted by Crippen LogP contribution is -2.54. The number of fused-ring (bicyclic) bond motifs is 1. The predicted octanol–water partition coefficient (Wildman–Crippen LogP) is 1.74. The average Bonchev–Trinajstić information content (AvgIpc) is 2.61. The number of carbonyl (C=O) groups excluding carboxylic acids is 2. The van der Waals surface area contributed by atoms with Gasteiger partial charge in [-0.2, -0.15) is 0 Å². The molecular weight excluding hydrogens is 318 g/mol. The van der Waals surface area contributed by atoms with Crippen molar-refractivity contribution >= 4 is 28.4 Å². The van der Waals surface area contributed by atoms with Gasteiger partial charge in [-0.3, -0.25) is 19.6 Å². The number of hydrogen-bond donors (Lipinski definition) is 1. The lowest BCUT2D eigenvalue weighted by Gasteiger charge is -2.37. The molecule has 0 atom stereocenters. The Hall–Kier alpha value is -3.35. The van der Waals surface area contributed by atoms with Crippen LogP contribution in [0, 0.1) is 5.92 Å². The molecule has 1 N–H and O–H groups in total. The number of nitrogens with one attached hydrogen (secondary N) is 1. The van der Waals surface area contributed by atoms with Crippen molar-refractivity contribution in [2.24, 2.45) is 5.92 Å². The Bertz CT molecular complexity index is 938. The monoisotopic (exact) mass is 333 g/mol. The molecule has 1 fully saturated rings. The van der Waals surface area contributed by atoms with Gasteiger partial charge in [0.15, 0.2) is 0 Å². The van der Waals surface area contributed by atoms with Gasteiger partial charge in [0.25, 0.3) is 5.91 Å². The normalized spacial score (nSPS) is 14.2. The van der Waals surface area contributed by atoms with Gasteiger partial charge in [-0.1, -0.05) is 6.07 Å². The molecule has 2 amide bonds. The molecule has 3 aromatic rings. The van der Waals surface area contributed by atoms with E-state index in [1.165, 1.54) is 18.6 Å². The van der Waals surface area contributed by atoms with Crippen molar-refractivity contribution in [2.45, 2.75) is 0 Å². The maximum absolute atomic E-state index is 12.3. The van der Waals surface area contributed by atoms with E-state index >= 15 is 0 Å². The first-order chi connectivity index (χ1) is 12.2. The van der Waals surface area contributed by atoms with Crippen LogP contribution in [0.15, 0.2) is 55.1 Å². The highest BCUT2D eigenvalue weighted by atomic mass is 16.2. The number of anilines is 1. The number of nitrogens with zero attached hydrogens (tertiary/aromatic N) is 4. The minimum Gasteiger partial charge on any atom is -0.336 e. The number of amides is 2. The highest BCUT2D eigenvalue weighted by Gasteiger charge is 2.36. The Balaban J connectivity index is 1.37. The zero-order valence-electron chi connectivity index (χ0n) is 13.3. The molecular formula is C18H15N5O2. The number of benzene rings is 1. The van der Waals surface area contributed by atoms with Crippen LogP contribution in [0.1, 0.15) is 10.5 Å². The zero-order chi connectivity index (χ0) is 17.2. The van der Waals surface area contributed by atoms with Gasteiger partial charge in [0.2, 0.25) is 5.91 Å². The van der Waals surface area contributed by atoms with Crippen molar-refractivity contribution in [3.8, 4) is 0 Å². The van der Waals surface area contributed by atoms with Crippen LogP contribution in [0.25, 0.3) is 10.9 Å². The van der Waals surface area contributed by atoms with Crippen LogP contribution in [0.4, 0.5) is 5.69 Å². The molecule has 2 aromatic heterocycles. The third kappa shape index (κ3) is 3.03. The van der Waals surface area contributed by atoms with Gasteiger partial charge in [0, 0.05) is 42.8 Å². The van der Waals surface area contributed by atoms with E-state index in [-0.39, 0.29) is 17.7 Å². The Kier molecular flexibility index (Phi) is 3.81. The maximum atomic E-state index is 12.3. The van der Waals surface area contributed by atoms with E-state index in [2.05, 4.69) is 20.3 Å². The van der Waals surface area contributed by atoms with Crippen LogP contribution >= 0.6 is 0 Å². The van der Waals surface area contributed by atoms with Crippen LogP contribution in [0.2, 0.25) is 0 Å². The Morgan fingerprint density at radius 3 is 2.76 bits per heavy atom. The minimum atomic E-state index is -0.217. The molecule has 1 aromatic carbocycles. The molecule has 0 radical (unpaired) electrons. The second-order valence-electron chi connectivity index (χ2n) is 5.90. The van der Waals surface area contributed by atoms with Gasteiger partial charge in [0.05, 0.1) is 17.6 Å². The molecule has 0 unspecified atom stereocenters. The summed E-state index contributed by atoms with van der Waals surface area (Å²) in [5.41, 5.74) is 1.90. The highest BCUT2D eigenvalue weighted by molar-refractivity contribution is 5.98. The molecule has 124 valence electrons. The SMILES string of the molecule is O=C(Nc1ccc2ncccc2c1)C1CN(C(=O)c2cnccn2)C1. The van der Waals surface area contributed by atoms with E-state index in [9.17, 15) is 9.59 Å². The molecule has 1 saturated heterocycles.